The molecule has 2 rings (SSSR count). The molecule has 0 spiro atoms. The third-order valence-electron chi connectivity index (χ3n) is 4.66. The van der Waals surface area contributed by atoms with Gasteiger partial charge in [0.2, 0.25) is 5.91 Å². The minimum atomic E-state index is -0.541. The Hall–Kier alpha value is -1.50. The van der Waals surface area contributed by atoms with Gasteiger partial charge in [-0.3, -0.25) is 14.6 Å². The van der Waals surface area contributed by atoms with Gasteiger partial charge in [-0.15, -0.1) is 0 Å². The van der Waals surface area contributed by atoms with Gasteiger partial charge in [-0.05, 0) is 23.1 Å². The van der Waals surface area contributed by atoms with Crippen molar-refractivity contribution >= 4 is 5.91 Å². The Balaban J connectivity index is 1.98. The average Bonchev–Trinajstić information content (AvgIpc) is 2.50. The molecule has 1 amide bonds. The molecule has 24 heavy (non-hydrogen) atoms. The fourth-order valence-electron chi connectivity index (χ4n) is 2.92. The molecule has 0 aliphatic carbocycles. The summed E-state index contributed by atoms with van der Waals surface area (Å²) in [7, 11) is 0. The monoisotopic (exact) mass is 337 g/mol. The topological polar surface area (TPSA) is 69.8 Å². The predicted octanol–water partition coefficient (Wildman–Crippen LogP) is 1.38. The summed E-state index contributed by atoms with van der Waals surface area (Å²) in [5, 5.41) is 10.2. The van der Waals surface area contributed by atoms with Gasteiger partial charge in [-0.2, -0.15) is 0 Å². The molecule has 0 unspecified atom stereocenters. The van der Waals surface area contributed by atoms with E-state index < -0.39 is 18.1 Å². The largest absolute Gasteiger partial charge is 0.391 e. The second kappa shape index (κ2) is 7.59. The highest BCUT2D eigenvalue weighted by molar-refractivity contribution is 5.81. The minimum Gasteiger partial charge on any atom is -0.391 e. The zero-order valence-electron chi connectivity index (χ0n) is 14.7. The molecule has 5 nitrogen and oxygen atoms in total. The van der Waals surface area contributed by atoms with Crippen LogP contribution in [0.25, 0.3) is 0 Å². The standard InChI is InChI=1S/C18H28FN3O2/c1-18(2,3)15(23)12-21-8-10-22(11-9-21)16(17(20)24)13-4-6-14(19)7-5-13/h4-7,15-16,23H,8-12H2,1-3H3,(H2,20,24)/t15-,16-/m1/s1. The summed E-state index contributed by atoms with van der Waals surface area (Å²) in [6, 6.07) is 5.38. The molecule has 1 aromatic rings. The van der Waals surface area contributed by atoms with Gasteiger partial charge < -0.3 is 10.8 Å². The highest BCUT2D eigenvalue weighted by Crippen LogP contribution is 2.24. The van der Waals surface area contributed by atoms with E-state index in [1.165, 1.54) is 12.1 Å². The van der Waals surface area contributed by atoms with E-state index in [0.29, 0.717) is 25.2 Å². The first-order valence-corrected chi connectivity index (χ1v) is 8.37. The molecule has 1 heterocycles. The van der Waals surface area contributed by atoms with Crippen LogP contribution in [0.2, 0.25) is 0 Å². The number of carbonyl (C=O) groups excluding carboxylic acids is 1. The molecule has 0 aromatic heterocycles. The fraction of sp³-hybridized carbons (Fsp3) is 0.611. The quantitative estimate of drug-likeness (QED) is 0.852. The Bertz CT molecular complexity index is 548. The molecule has 134 valence electrons. The molecule has 1 aliphatic rings. The molecular weight excluding hydrogens is 309 g/mol. The van der Waals surface area contributed by atoms with Crippen LogP contribution >= 0.6 is 0 Å². The van der Waals surface area contributed by atoms with Crippen molar-refractivity contribution in [2.24, 2.45) is 11.1 Å². The Morgan fingerprint density at radius 3 is 2.21 bits per heavy atom. The molecule has 1 fully saturated rings. The summed E-state index contributed by atoms with van der Waals surface area (Å²) in [6.07, 6.45) is -0.395. The van der Waals surface area contributed by atoms with Gasteiger partial charge in [-0.25, -0.2) is 4.39 Å². The van der Waals surface area contributed by atoms with Crippen molar-refractivity contribution in [1.82, 2.24) is 9.80 Å². The molecule has 6 heteroatoms. The molecule has 1 aromatic carbocycles. The zero-order valence-corrected chi connectivity index (χ0v) is 14.7. The maximum Gasteiger partial charge on any atom is 0.239 e. The van der Waals surface area contributed by atoms with Crippen molar-refractivity contribution in [2.75, 3.05) is 32.7 Å². The Morgan fingerprint density at radius 1 is 1.21 bits per heavy atom. The first-order valence-electron chi connectivity index (χ1n) is 8.37. The van der Waals surface area contributed by atoms with E-state index in [-0.39, 0.29) is 11.2 Å². The van der Waals surface area contributed by atoms with Gasteiger partial charge in [0.05, 0.1) is 6.10 Å². The number of nitrogens with zero attached hydrogens (tertiary/aromatic N) is 2. The van der Waals surface area contributed by atoms with Crippen molar-refractivity contribution in [3.63, 3.8) is 0 Å². The number of aliphatic hydroxyl groups is 1. The summed E-state index contributed by atoms with van der Waals surface area (Å²) >= 11 is 0. The van der Waals surface area contributed by atoms with Crippen LogP contribution in [0.15, 0.2) is 24.3 Å². The van der Waals surface area contributed by atoms with E-state index in [1.807, 2.05) is 25.7 Å². The van der Waals surface area contributed by atoms with Gasteiger partial charge in [0.25, 0.3) is 0 Å². The molecule has 2 atom stereocenters. The molecule has 1 aliphatic heterocycles. The number of hydrogen-bond donors (Lipinski definition) is 2. The van der Waals surface area contributed by atoms with E-state index in [2.05, 4.69) is 4.90 Å². The van der Waals surface area contributed by atoms with Crippen LogP contribution in [0, 0.1) is 11.2 Å². The molecule has 0 radical (unpaired) electrons. The van der Waals surface area contributed by atoms with E-state index >= 15 is 0 Å². The van der Waals surface area contributed by atoms with Crippen LogP contribution in [-0.4, -0.2) is 59.6 Å². The van der Waals surface area contributed by atoms with Gasteiger partial charge in [-0.1, -0.05) is 32.9 Å². The third-order valence-corrected chi connectivity index (χ3v) is 4.66. The SMILES string of the molecule is CC(C)(C)[C@H](O)CN1CCN([C@@H](C(N)=O)c2ccc(F)cc2)CC1. The number of primary amides is 1. The smallest absolute Gasteiger partial charge is 0.239 e. The van der Waals surface area contributed by atoms with E-state index in [9.17, 15) is 14.3 Å². The lowest BCUT2D eigenvalue weighted by Crippen LogP contribution is -2.52. The maximum absolute atomic E-state index is 13.1. The predicted molar refractivity (Wildman–Crippen MR) is 91.8 cm³/mol. The summed E-state index contributed by atoms with van der Waals surface area (Å²) in [5.74, 6) is -0.757. The van der Waals surface area contributed by atoms with Crippen LogP contribution in [0.1, 0.15) is 32.4 Å². The van der Waals surface area contributed by atoms with Gasteiger partial charge in [0, 0.05) is 32.7 Å². The summed E-state index contributed by atoms with van der Waals surface area (Å²) in [6.45, 7) is 9.57. The number of carbonyl (C=O) groups is 1. The zero-order chi connectivity index (χ0) is 17.9. The fourth-order valence-corrected chi connectivity index (χ4v) is 2.92. The first kappa shape index (κ1) is 18.8. The van der Waals surface area contributed by atoms with E-state index in [4.69, 9.17) is 5.73 Å². The number of amides is 1. The van der Waals surface area contributed by atoms with Crippen molar-refractivity contribution < 1.29 is 14.3 Å². The number of halogens is 1. The number of hydrogen-bond acceptors (Lipinski definition) is 4. The number of aliphatic hydroxyl groups excluding tert-OH is 1. The lowest BCUT2D eigenvalue weighted by atomic mass is 9.89. The summed E-state index contributed by atoms with van der Waals surface area (Å²) in [4.78, 5) is 16.1. The Kier molecular flexibility index (Phi) is 5.96. The Morgan fingerprint density at radius 2 is 1.75 bits per heavy atom. The number of benzene rings is 1. The normalized spacial score (nSPS) is 19.9. The highest BCUT2D eigenvalue weighted by Gasteiger charge is 2.31. The van der Waals surface area contributed by atoms with Crippen LogP contribution in [0.5, 0.6) is 0 Å². The lowest BCUT2D eigenvalue weighted by Gasteiger charge is -2.40. The first-order chi connectivity index (χ1) is 11.2. The van der Waals surface area contributed by atoms with Crippen LogP contribution in [0.4, 0.5) is 4.39 Å². The lowest BCUT2D eigenvalue weighted by molar-refractivity contribution is -0.124. The molecule has 0 bridgehead atoms. The number of piperazine rings is 1. The van der Waals surface area contributed by atoms with Crippen LogP contribution in [-0.2, 0) is 4.79 Å². The molecular formula is C18H28FN3O2. The minimum absolute atomic E-state index is 0.152. The number of β-amino-alcohol motifs (C(OH)–C–C–N with tert-alkyl or cyclic N) is 1. The molecule has 0 saturated carbocycles. The number of rotatable bonds is 5. The van der Waals surface area contributed by atoms with Crippen LogP contribution < -0.4 is 5.73 Å². The third kappa shape index (κ3) is 4.75. The van der Waals surface area contributed by atoms with E-state index in [0.717, 1.165) is 13.1 Å². The maximum atomic E-state index is 13.1. The van der Waals surface area contributed by atoms with Crippen molar-refractivity contribution in [3.8, 4) is 0 Å². The second-order valence-corrected chi connectivity index (χ2v) is 7.57. The number of nitrogens with two attached hydrogens (primary N) is 1. The van der Waals surface area contributed by atoms with Gasteiger partial charge in [0.1, 0.15) is 11.9 Å². The van der Waals surface area contributed by atoms with Crippen molar-refractivity contribution in [1.29, 1.82) is 0 Å². The highest BCUT2D eigenvalue weighted by atomic mass is 19.1. The molecule has 3 N–H and O–H groups in total. The van der Waals surface area contributed by atoms with Gasteiger partial charge in [0.15, 0.2) is 0 Å². The van der Waals surface area contributed by atoms with Crippen molar-refractivity contribution in [3.05, 3.63) is 35.6 Å². The summed E-state index contributed by atoms with van der Waals surface area (Å²) < 4.78 is 13.1. The Labute approximate surface area is 143 Å². The van der Waals surface area contributed by atoms with Crippen LogP contribution in [0.3, 0.4) is 0 Å². The second-order valence-electron chi connectivity index (χ2n) is 7.57. The van der Waals surface area contributed by atoms with Gasteiger partial charge >= 0.3 is 0 Å². The average molecular weight is 337 g/mol. The summed E-state index contributed by atoms with van der Waals surface area (Å²) in [5.41, 5.74) is 6.15. The van der Waals surface area contributed by atoms with E-state index in [1.54, 1.807) is 12.1 Å². The van der Waals surface area contributed by atoms with Crippen molar-refractivity contribution in [2.45, 2.75) is 32.9 Å². The molecule has 1 saturated heterocycles.